The largest absolute Gasteiger partial charge is 0.353 e. The Labute approximate surface area is 158 Å². The SMILES string of the molecule is O=C(CCc1csc(NS(=O)(=O)c2ccccc2)n1)NC1CCCCC1. The number of amides is 1. The molecule has 26 heavy (non-hydrogen) atoms. The number of thiazole rings is 1. The van der Waals surface area contributed by atoms with Crippen molar-refractivity contribution in [1.29, 1.82) is 0 Å². The summed E-state index contributed by atoms with van der Waals surface area (Å²) in [6.45, 7) is 0. The molecule has 1 aromatic carbocycles. The van der Waals surface area contributed by atoms with Crippen LogP contribution in [-0.2, 0) is 21.2 Å². The van der Waals surface area contributed by atoms with E-state index in [9.17, 15) is 13.2 Å². The highest BCUT2D eigenvalue weighted by atomic mass is 32.2. The van der Waals surface area contributed by atoms with Crippen molar-refractivity contribution in [3.8, 4) is 0 Å². The Kier molecular flexibility index (Phi) is 6.26. The molecule has 140 valence electrons. The number of aryl methyl sites for hydroxylation is 1. The summed E-state index contributed by atoms with van der Waals surface area (Å²) in [4.78, 5) is 16.5. The fraction of sp³-hybridized carbons (Fsp3) is 0.444. The highest BCUT2D eigenvalue weighted by Gasteiger charge is 2.17. The molecule has 1 heterocycles. The van der Waals surface area contributed by atoms with Gasteiger partial charge in [0.05, 0.1) is 10.6 Å². The van der Waals surface area contributed by atoms with Gasteiger partial charge in [-0.1, -0.05) is 37.5 Å². The van der Waals surface area contributed by atoms with Crippen LogP contribution in [0.3, 0.4) is 0 Å². The number of carbonyl (C=O) groups excluding carboxylic acids is 1. The second-order valence-electron chi connectivity index (χ2n) is 6.46. The Morgan fingerprint density at radius 3 is 2.62 bits per heavy atom. The first-order valence-electron chi connectivity index (χ1n) is 8.84. The molecule has 1 saturated carbocycles. The van der Waals surface area contributed by atoms with Crippen molar-refractivity contribution in [1.82, 2.24) is 10.3 Å². The Balaban J connectivity index is 1.51. The third-order valence-corrected chi connectivity index (χ3v) is 6.70. The van der Waals surface area contributed by atoms with Crippen LogP contribution in [-0.4, -0.2) is 25.4 Å². The van der Waals surface area contributed by atoms with Gasteiger partial charge in [0.2, 0.25) is 5.91 Å². The van der Waals surface area contributed by atoms with Crippen LogP contribution in [0.4, 0.5) is 5.13 Å². The summed E-state index contributed by atoms with van der Waals surface area (Å²) in [5.74, 6) is 0.0383. The molecule has 1 amide bonds. The molecule has 0 radical (unpaired) electrons. The molecule has 1 fully saturated rings. The number of nitrogens with zero attached hydrogens (tertiary/aromatic N) is 1. The maximum absolute atomic E-state index is 12.3. The molecule has 6 nitrogen and oxygen atoms in total. The van der Waals surface area contributed by atoms with Crippen molar-refractivity contribution in [2.75, 3.05) is 4.72 Å². The van der Waals surface area contributed by atoms with Gasteiger partial charge in [0.25, 0.3) is 10.0 Å². The van der Waals surface area contributed by atoms with E-state index in [0.29, 0.717) is 24.0 Å². The minimum absolute atomic E-state index is 0.0383. The van der Waals surface area contributed by atoms with E-state index in [-0.39, 0.29) is 10.8 Å². The monoisotopic (exact) mass is 393 g/mol. The van der Waals surface area contributed by atoms with E-state index in [4.69, 9.17) is 0 Å². The van der Waals surface area contributed by atoms with Crippen molar-refractivity contribution in [2.45, 2.75) is 55.9 Å². The standard InChI is InChI=1S/C18H23N3O3S2/c22-17(19-14-7-3-1-4-8-14)12-11-15-13-25-18(20-15)21-26(23,24)16-9-5-2-6-10-16/h2,5-6,9-10,13-14H,1,3-4,7-8,11-12H2,(H,19,22)(H,20,21). The van der Waals surface area contributed by atoms with E-state index in [0.717, 1.165) is 18.5 Å². The van der Waals surface area contributed by atoms with Crippen LogP contribution >= 0.6 is 11.3 Å². The first-order chi connectivity index (χ1) is 12.5. The molecular formula is C18H23N3O3S2. The highest BCUT2D eigenvalue weighted by Crippen LogP contribution is 2.21. The summed E-state index contributed by atoms with van der Waals surface area (Å²) < 4.78 is 27.1. The summed E-state index contributed by atoms with van der Waals surface area (Å²) in [6, 6.07) is 8.48. The third kappa shape index (κ3) is 5.28. The van der Waals surface area contributed by atoms with Crippen LogP contribution in [0.1, 0.15) is 44.2 Å². The maximum Gasteiger partial charge on any atom is 0.263 e. The predicted molar refractivity (Wildman–Crippen MR) is 103 cm³/mol. The molecule has 0 aliphatic heterocycles. The van der Waals surface area contributed by atoms with Gasteiger partial charge in [0, 0.05) is 17.8 Å². The molecule has 2 aromatic rings. The zero-order chi connectivity index (χ0) is 18.4. The number of aromatic nitrogens is 1. The van der Waals surface area contributed by atoms with Crippen LogP contribution in [0.15, 0.2) is 40.6 Å². The van der Waals surface area contributed by atoms with Gasteiger partial charge in [0.1, 0.15) is 0 Å². The fourth-order valence-electron chi connectivity index (χ4n) is 3.03. The van der Waals surface area contributed by atoms with Gasteiger partial charge in [-0.3, -0.25) is 9.52 Å². The molecular weight excluding hydrogens is 370 g/mol. The number of carbonyl (C=O) groups is 1. The minimum Gasteiger partial charge on any atom is -0.353 e. The van der Waals surface area contributed by atoms with Crippen molar-refractivity contribution in [3.05, 3.63) is 41.4 Å². The lowest BCUT2D eigenvalue weighted by Crippen LogP contribution is -2.36. The summed E-state index contributed by atoms with van der Waals surface area (Å²) in [6.07, 6.45) is 6.62. The number of hydrogen-bond acceptors (Lipinski definition) is 5. The van der Waals surface area contributed by atoms with E-state index < -0.39 is 10.0 Å². The minimum atomic E-state index is -3.63. The van der Waals surface area contributed by atoms with E-state index in [2.05, 4.69) is 15.0 Å². The van der Waals surface area contributed by atoms with E-state index in [1.54, 1.807) is 23.6 Å². The second kappa shape index (κ2) is 8.64. The summed E-state index contributed by atoms with van der Waals surface area (Å²) >= 11 is 1.23. The molecule has 0 atom stereocenters. The van der Waals surface area contributed by atoms with Gasteiger partial charge < -0.3 is 5.32 Å². The van der Waals surface area contributed by atoms with Gasteiger partial charge in [-0.15, -0.1) is 11.3 Å². The number of nitrogens with one attached hydrogen (secondary N) is 2. The smallest absolute Gasteiger partial charge is 0.263 e. The number of anilines is 1. The van der Waals surface area contributed by atoms with Crippen LogP contribution < -0.4 is 10.0 Å². The lowest BCUT2D eigenvalue weighted by molar-refractivity contribution is -0.122. The quantitative estimate of drug-likeness (QED) is 0.755. The first kappa shape index (κ1) is 18.8. The summed E-state index contributed by atoms with van der Waals surface area (Å²) in [7, 11) is -3.63. The van der Waals surface area contributed by atoms with Crippen LogP contribution in [0.2, 0.25) is 0 Å². The first-order valence-corrected chi connectivity index (χ1v) is 11.2. The Morgan fingerprint density at radius 1 is 1.15 bits per heavy atom. The fourth-order valence-corrected chi connectivity index (χ4v) is 5.05. The van der Waals surface area contributed by atoms with E-state index in [1.165, 1.54) is 42.7 Å². The molecule has 8 heteroatoms. The summed E-state index contributed by atoms with van der Waals surface area (Å²) in [5.41, 5.74) is 0.722. The van der Waals surface area contributed by atoms with Gasteiger partial charge in [0.15, 0.2) is 5.13 Å². The number of benzene rings is 1. The van der Waals surface area contributed by atoms with Crippen molar-refractivity contribution < 1.29 is 13.2 Å². The van der Waals surface area contributed by atoms with E-state index in [1.807, 2.05) is 0 Å². The van der Waals surface area contributed by atoms with Gasteiger partial charge >= 0.3 is 0 Å². The number of hydrogen-bond donors (Lipinski definition) is 2. The Hall–Kier alpha value is -1.93. The number of rotatable bonds is 7. The van der Waals surface area contributed by atoms with E-state index >= 15 is 0 Å². The summed E-state index contributed by atoms with van der Waals surface area (Å²) in [5, 5.41) is 5.19. The lowest BCUT2D eigenvalue weighted by Gasteiger charge is -2.22. The zero-order valence-corrected chi connectivity index (χ0v) is 16.1. The second-order valence-corrected chi connectivity index (χ2v) is 9.01. The molecule has 1 aliphatic rings. The molecule has 3 rings (SSSR count). The van der Waals surface area contributed by atoms with Crippen molar-refractivity contribution in [3.63, 3.8) is 0 Å². The molecule has 0 bridgehead atoms. The molecule has 1 aliphatic carbocycles. The molecule has 2 N–H and O–H groups in total. The van der Waals surface area contributed by atoms with Crippen LogP contribution in [0, 0.1) is 0 Å². The maximum atomic E-state index is 12.3. The normalized spacial score (nSPS) is 15.5. The third-order valence-electron chi connectivity index (χ3n) is 4.41. The van der Waals surface area contributed by atoms with Gasteiger partial charge in [-0.05, 0) is 31.4 Å². The molecule has 1 aromatic heterocycles. The molecule has 0 spiro atoms. The Bertz CT molecular complexity index is 828. The topological polar surface area (TPSA) is 88.2 Å². The highest BCUT2D eigenvalue weighted by molar-refractivity contribution is 7.93. The van der Waals surface area contributed by atoms with Gasteiger partial charge in [-0.25, -0.2) is 13.4 Å². The van der Waals surface area contributed by atoms with Gasteiger partial charge in [-0.2, -0.15) is 0 Å². The average molecular weight is 394 g/mol. The average Bonchev–Trinajstić information content (AvgIpc) is 3.08. The van der Waals surface area contributed by atoms with Crippen molar-refractivity contribution in [2.24, 2.45) is 0 Å². The number of sulfonamides is 1. The zero-order valence-electron chi connectivity index (χ0n) is 14.5. The van der Waals surface area contributed by atoms with Crippen LogP contribution in [0.25, 0.3) is 0 Å². The lowest BCUT2D eigenvalue weighted by atomic mass is 9.95. The van der Waals surface area contributed by atoms with Crippen LogP contribution in [0.5, 0.6) is 0 Å². The van der Waals surface area contributed by atoms with Crippen molar-refractivity contribution >= 4 is 32.4 Å². The predicted octanol–water partition coefficient (Wildman–Crippen LogP) is 3.33. The molecule has 0 unspecified atom stereocenters. The molecule has 0 saturated heterocycles. The Morgan fingerprint density at radius 2 is 1.88 bits per heavy atom.